The molecular weight excluding hydrogens is 344 g/mol. The van der Waals surface area contributed by atoms with Crippen LogP contribution in [0.25, 0.3) is 16.6 Å². The standard InChI is InChI=1S/C19H18N6S/c1-20-8-15-11-24-25-12-13(14-9-22-23-10-14)7-18(19(15)25)26-17-6-4-3-5-16(17)21-2/h3-12,21H,1-2H3,(H,22,23)/b20-8-. The summed E-state index contributed by atoms with van der Waals surface area (Å²) in [5.41, 5.74) is 5.21. The van der Waals surface area contributed by atoms with Gasteiger partial charge in [-0.05, 0) is 18.2 Å². The monoisotopic (exact) mass is 362 g/mol. The summed E-state index contributed by atoms with van der Waals surface area (Å²) in [6, 6.07) is 10.4. The molecule has 2 N–H and O–H groups in total. The highest BCUT2D eigenvalue weighted by Crippen LogP contribution is 2.38. The van der Waals surface area contributed by atoms with Crippen molar-refractivity contribution in [2.75, 3.05) is 19.4 Å². The molecule has 0 saturated heterocycles. The molecular formula is C19H18N6S. The summed E-state index contributed by atoms with van der Waals surface area (Å²) in [6.07, 6.45) is 9.40. The van der Waals surface area contributed by atoms with E-state index in [2.05, 4.69) is 43.8 Å². The second-order valence-corrected chi connectivity index (χ2v) is 6.79. The lowest BCUT2D eigenvalue weighted by Crippen LogP contribution is -1.94. The molecule has 0 radical (unpaired) electrons. The van der Waals surface area contributed by atoms with Crippen LogP contribution in [0.2, 0.25) is 0 Å². The van der Waals surface area contributed by atoms with E-state index in [0.717, 1.165) is 37.7 Å². The van der Waals surface area contributed by atoms with E-state index >= 15 is 0 Å². The number of pyridine rings is 1. The van der Waals surface area contributed by atoms with Crippen molar-refractivity contribution in [3.8, 4) is 11.1 Å². The fourth-order valence-electron chi connectivity index (χ4n) is 2.87. The second-order valence-electron chi connectivity index (χ2n) is 5.71. The Bertz CT molecular complexity index is 1070. The number of aliphatic imine (C=N–C) groups is 1. The number of anilines is 1. The van der Waals surface area contributed by atoms with Crippen LogP contribution in [0.15, 0.2) is 69.9 Å². The van der Waals surface area contributed by atoms with E-state index in [1.165, 1.54) is 0 Å². The van der Waals surface area contributed by atoms with Crippen molar-refractivity contribution in [2.45, 2.75) is 9.79 Å². The zero-order valence-corrected chi connectivity index (χ0v) is 15.3. The number of nitrogens with one attached hydrogen (secondary N) is 2. The molecule has 0 atom stereocenters. The van der Waals surface area contributed by atoms with Crippen LogP contribution >= 0.6 is 11.8 Å². The molecule has 6 nitrogen and oxygen atoms in total. The number of nitrogens with zero attached hydrogens (tertiary/aromatic N) is 4. The summed E-state index contributed by atoms with van der Waals surface area (Å²) in [4.78, 5) is 6.43. The Hall–Kier alpha value is -3.06. The Balaban J connectivity index is 1.91. The summed E-state index contributed by atoms with van der Waals surface area (Å²) in [5, 5.41) is 14.7. The predicted octanol–water partition coefficient (Wildman–Crippen LogP) is 3.97. The normalized spacial score (nSPS) is 11.5. The zero-order chi connectivity index (χ0) is 17.9. The lowest BCUT2D eigenvalue weighted by molar-refractivity contribution is 0.951. The number of fused-ring (bicyclic) bond motifs is 1. The lowest BCUT2D eigenvalue weighted by atomic mass is 10.1. The molecule has 0 fully saturated rings. The fourth-order valence-corrected chi connectivity index (χ4v) is 4.02. The number of hydrogen-bond acceptors (Lipinski definition) is 5. The molecule has 26 heavy (non-hydrogen) atoms. The average Bonchev–Trinajstić information content (AvgIpc) is 3.33. The smallest absolute Gasteiger partial charge is 0.0889 e. The number of para-hydroxylation sites is 1. The van der Waals surface area contributed by atoms with Crippen molar-refractivity contribution in [1.29, 1.82) is 0 Å². The van der Waals surface area contributed by atoms with E-state index in [4.69, 9.17) is 0 Å². The van der Waals surface area contributed by atoms with Crippen LogP contribution in [0, 0.1) is 0 Å². The number of aromatic nitrogens is 4. The SMILES string of the molecule is C/N=C\c1cnn2cc(-c3cn[nH]c3)cc(Sc3ccccc3NC)c12. The van der Waals surface area contributed by atoms with Gasteiger partial charge in [0.15, 0.2) is 0 Å². The highest BCUT2D eigenvalue weighted by molar-refractivity contribution is 7.99. The molecule has 0 aliphatic carbocycles. The van der Waals surface area contributed by atoms with Gasteiger partial charge in [0.1, 0.15) is 0 Å². The highest BCUT2D eigenvalue weighted by atomic mass is 32.2. The van der Waals surface area contributed by atoms with Crippen molar-refractivity contribution < 1.29 is 0 Å². The topological polar surface area (TPSA) is 70.4 Å². The maximum atomic E-state index is 4.52. The molecule has 0 aliphatic heterocycles. The van der Waals surface area contributed by atoms with Crippen molar-refractivity contribution >= 4 is 29.2 Å². The molecule has 0 unspecified atom stereocenters. The first-order valence-corrected chi connectivity index (χ1v) is 8.99. The van der Waals surface area contributed by atoms with Gasteiger partial charge >= 0.3 is 0 Å². The van der Waals surface area contributed by atoms with E-state index in [-0.39, 0.29) is 0 Å². The third-order valence-corrected chi connectivity index (χ3v) is 5.19. The first-order valence-electron chi connectivity index (χ1n) is 8.17. The van der Waals surface area contributed by atoms with Gasteiger partial charge in [-0.25, -0.2) is 4.52 Å². The van der Waals surface area contributed by atoms with Gasteiger partial charge in [0, 0.05) is 64.9 Å². The predicted molar refractivity (Wildman–Crippen MR) is 106 cm³/mol. The Morgan fingerprint density at radius 1 is 1.19 bits per heavy atom. The molecule has 1 aromatic carbocycles. The first-order chi connectivity index (χ1) is 12.8. The highest BCUT2D eigenvalue weighted by Gasteiger charge is 2.14. The maximum Gasteiger partial charge on any atom is 0.0889 e. The van der Waals surface area contributed by atoms with Crippen LogP contribution in [-0.4, -0.2) is 40.1 Å². The summed E-state index contributed by atoms with van der Waals surface area (Å²) < 4.78 is 1.91. The molecule has 0 saturated carbocycles. The van der Waals surface area contributed by atoms with E-state index in [1.54, 1.807) is 18.8 Å². The molecule has 3 aromatic heterocycles. The lowest BCUT2D eigenvalue weighted by Gasteiger charge is -2.11. The summed E-state index contributed by atoms with van der Waals surface area (Å²) in [6.45, 7) is 0. The molecule has 4 rings (SSSR count). The van der Waals surface area contributed by atoms with Gasteiger partial charge in [-0.2, -0.15) is 10.2 Å². The third kappa shape index (κ3) is 2.97. The Morgan fingerprint density at radius 2 is 2.08 bits per heavy atom. The molecule has 0 amide bonds. The minimum Gasteiger partial charge on any atom is -0.387 e. The molecule has 3 heterocycles. The molecule has 0 spiro atoms. The minimum absolute atomic E-state index is 0.996. The summed E-state index contributed by atoms with van der Waals surface area (Å²) in [7, 11) is 3.71. The van der Waals surface area contributed by atoms with Gasteiger partial charge in [-0.15, -0.1) is 0 Å². The van der Waals surface area contributed by atoms with Crippen molar-refractivity contribution in [2.24, 2.45) is 4.99 Å². The number of H-pyrrole nitrogens is 1. The van der Waals surface area contributed by atoms with E-state index in [9.17, 15) is 0 Å². The minimum atomic E-state index is 0.996. The van der Waals surface area contributed by atoms with Crippen molar-refractivity contribution in [1.82, 2.24) is 19.8 Å². The quantitative estimate of drug-likeness (QED) is 0.527. The van der Waals surface area contributed by atoms with E-state index < -0.39 is 0 Å². The zero-order valence-electron chi connectivity index (χ0n) is 14.5. The van der Waals surface area contributed by atoms with Crippen molar-refractivity contribution in [3.63, 3.8) is 0 Å². The van der Waals surface area contributed by atoms with E-state index in [0.29, 0.717) is 0 Å². The summed E-state index contributed by atoms with van der Waals surface area (Å²) in [5.74, 6) is 0. The molecule has 4 aromatic rings. The van der Waals surface area contributed by atoms with Gasteiger partial charge in [0.2, 0.25) is 0 Å². The number of aromatic amines is 1. The Kier molecular flexibility index (Phi) is 4.45. The molecule has 130 valence electrons. The van der Waals surface area contributed by atoms with Crippen LogP contribution < -0.4 is 5.32 Å². The Morgan fingerprint density at radius 3 is 2.85 bits per heavy atom. The molecule has 0 aliphatic rings. The van der Waals surface area contributed by atoms with Gasteiger partial charge in [-0.1, -0.05) is 23.9 Å². The number of benzene rings is 1. The van der Waals surface area contributed by atoms with Gasteiger partial charge in [0.05, 0.1) is 17.9 Å². The maximum absolute atomic E-state index is 4.52. The first kappa shape index (κ1) is 16.4. The fraction of sp³-hybridized carbons (Fsp3) is 0.105. The average molecular weight is 362 g/mol. The van der Waals surface area contributed by atoms with Crippen LogP contribution in [0.5, 0.6) is 0 Å². The van der Waals surface area contributed by atoms with E-state index in [1.807, 2.05) is 54.7 Å². The second kappa shape index (κ2) is 7.05. The van der Waals surface area contributed by atoms with Crippen LogP contribution in [0.1, 0.15) is 5.56 Å². The largest absolute Gasteiger partial charge is 0.387 e. The van der Waals surface area contributed by atoms with Crippen molar-refractivity contribution in [3.05, 3.63) is 60.7 Å². The van der Waals surface area contributed by atoms with Gasteiger partial charge in [0.25, 0.3) is 0 Å². The van der Waals surface area contributed by atoms with Crippen LogP contribution in [-0.2, 0) is 0 Å². The number of hydrogen-bond donors (Lipinski definition) is 2. The number of rotatable bonds is 5. The van der Waals surface area contributed by atoms with Gasteiger partial charge < -0.3 is 5.32 Å². The molecule has 0 bridgehead atoms. The van der Waals surface area contributed by atoms with Gasteiger partial charge in [-0.3, -0.25) is 10.1 Å². The van der Waals surface area contributed by atoms with Crippen LogP contribution in [0.4, 0.5) is 5.69 Å². The molecule has 7 heteroatoms. The van der Waals surface area contributed by atoms with Crippen LogP contribution in [0.3, 0.4) is 0 Å². The summed E-state index contributed by atoms with van der Waals surface area (Å²) >= 11 is 1.71. The Labute approximate surface area is 155 Å². The third-order valence-electron chi connectivity index (χ3n) is 4.08.